The van der Waals surface area contributed by atoms with E-state index in [0.29, 0.717) is 5.75 Å². The van der Waals surface area contributed by atoms with E-state index in [0.717, 1.165) is 17.7 Å². The molecule has 0 radical (unpaired) electrons. The number of nitrogens with zero attached hydrogens (tertiary/aromatic N) is 2. The van der Waals surface area contributed by atoms with Crippen LogP contribution in [0.4, 0.5) is 11.4 Å². The first kappa shape index (κ1) is 17.7. The predicted octanol–water partition coefficient (Wildman–Crippen LogP) is 3.35. The van der Waals surface area contributed by atoms with Gasteiger partial charge in [0.1, 0.15) is 5.75 Å². The van der Waals surface area contributed by atoms with Gasteiger partial charge in [0.05, 0.1) is 18.1 Å². The van der Waals surface area contributed by atoms with Crippen molar-refractivity contribution in [1.29, 1.82) is 0 Å². The summed E-state index contributed by atoms with van der Waals surface area (Å²) in [6, 6.07) is 12.0. The lowest BCUT2D eigenvalue weighted by molar-refractivity contribution is -0.386. The third-order valence-corrected chi connectivity index (χ3v) is 4.46. The highest BCUT2D eigenvalue weighted by atomic mass is 16.6. The van der Waals surface area contributed by atoms with Crippen molar-refractivity contribution in [3.63, 3.8) is 0 Å². The average molecular weight is 356 g/mol. The minimum absolute atomic E-state index is 0.0109. The van der Waals surface area contributed by atoms with Crippen molar-refractivity contribution in [2.24, 2.45) is 0 Å². The van der Waals surface area contributed by atoms with Crippen molar-refractivity contribution in [3.8, 4) is 11.5 Å². The zero-order chi connectivity index (χ0) is 18.8. The number of nitro groups is 1. The average Bonchev–Trinajstić information content (AvgIpc) is 2.96. The van der Waals surface area contributed by atoms with Crippen LogP contribution in [-0.2, 0) is 11.2 Å². The second kappa shape index (κ2) is 7.03. The van der Waals surface area contributed by atoms with Crippen LogP contribution < -0.4 is 14.4 Å². The largest absolute Gasteiger partial charge is 0.496 e. The van der Waals surface area contributed by atoms with Crippen LogP contribution in [0.25, 0.3) is 0 Å². The molecule has 0 aromatic heterocycles. The number of rotatable bonds is 5. The zero-order valence-electron chi connectivity index (χ0n) is 14.8. The Balaban J connectivity index is 1.84. The van der Waals surface area contributed by atoms with Crippen LogP contribution in [-0.4, -0.2) is 30.1 Å². The summed E-state index contributed by atoms with van der Waals surface area (Å²) in [6.45, 7) is 3.57. The van der Waals surface area contributed by atoms with Crippen molar-refractivity contribution in [2.45, 2.75) is 32.4 Å². The van der Waals surface area contributed by atoms with Crippen LogP contribution in [0.5, 0.6) is 11.5 Å². The normalized spacial score (nSPS) is 16.7. The molecule has 0 fully saturated rings. The maximum Gasteiger partial charge on any atom is 0.314 e. The Morgan fingerprint density at radius 1 is 1.31 bits per heavy atom. The molecule has 1 amide bonds. The van der Waals surface area contributed by atoms with Crippen LogP contribution in [0.15, 0.2) is 42.5 Å². The molecule has 2 aromatic rings. The first-order chi connectivity index (χ1) is 12.4. The highest BCUT2D eigenvalue weighted by molar-refractivity contribution is 5.99. The van der Waals surface area contributed by atoms with E-state index in [4.69, 9.17) is 9.47 Å². The number of nitro benzene ring substituents is 1. The van der Waals surface area contributed by atoms with Crippen LogP contribution in [0, 0.1) is 10.1 Å². The molecule has 26 heavy (non-hydrogen) atoms. The van der Waals surface area contributed by atoms with Gasteiger partial charge in [-0.25, -0.2) is 0 Å². The fourth-order valence-electron chi connectivity index (χ4n) is 3.20. The molecule has 3 rings (SSSR count). The van der Waals surface area contributed by atoms with E-state index in [1.165, 1.54) is 19.2 Å². The molecule has 0 unspecified atom stereocenters. The number of benzene rings is 2. The van der Waals surface area contributed by atoms with E-state index < -0.39 is 11.0 Å². The van der Waals surface area contributed by atoms with Gasteiger partial charge in [0.15, 0.2) is 11.9 Å². The van der Waals surface area contributed by atoms with E-state index in [2.05, 4.69) is 0 Å². The minimum atomic E-state index is -0.865. The van der Waals surface area contributed by atoms with Crippen LogP contribution >= 0.6 is 0 Å². The Labute approximate surface area is 151 Å². The molecule has 0 saturated carbocycles. The van der Waals surface area contributed by atoms with Crippen LogP contribution in [0.2, 0.25) is 0 Å². The molecule has 1 heterocycles. The molecule has 136 valence electrons. The lowest BCUT2D eigenvalue weighted by atomic mass is 10.1. The Bertz CT molecular complexity index is 852. The highest BCUT2D eigenvalue weighted by Crippen LogP contribution is 2.34. The third kappa shape index (κ3) is 3.20. The minimum Gasteiger partial charge on any atom is -0.496 e. The number of fused-ring (bicyclic) bond motifs is 1. The first-order valence-electron chi connectivity index (χ1n) is 8.32. The molecular formula is C19H20N2O5. The van der Waals surface area contributed by atoms with Gasteiger partial charge in [0.25, 0.3) is 5.91 Å². The fourth-order valence-corrected chi connectivity index (χ4v) is 3.20. The second-order valence-corrected chi connectivity index (χ2v) is 6.24. The van der Waals surface area contributed by atoms with Crippen molar-refractivity contribution in [1.82, 2.24) is 0 Å². The van der Waals surface area contributed by atoms with Crippen molar-refractivity contribution in [2.75, 3.05) is 12.0 Å². The molecule has 1 aliphatic rings. The molecule has 2 atom stereocenters. The molecular weight excluding hydrogens is 336 g/mol. The van der Waals surface area contributed by atoms with Gasteiger partial charge in [-0.15, -0.1) is 0 Å². The van der Waals surface area contributed by atoms with Crippen molar-refractivity contribution >= 4 is 17.3 Å². The standard InChI is InChI=1S/C19H20N2O5/c1-12-10-14-6-4-5-7-16(14)20(12)19(22)13(2)26-18-9-8-15(25-3)11-17(18)21(23)24/h4-9,11-13H,10H2,1-3H3/t12-,13+/m0/s1. The van der Waals surface area contributed by atoms with Gasteiger partial charge in [0.2, 0.25) is 0 Å². The maximum atomic E-state index is 12.9. The Kier molecular flexibility index (Phi) is 4.79. The number of hydrogen-bond acceptors (Lipinski definition) is 5. The molecule has 0 aliphatic carbocycles. The highest BCUT2D eigenvalue weighted by Gasteiger charge is 2.34. The molecule has 7 heteroatoms. The molecule has 0 saturated heterocycles. The number of carbonyl (C=O) groups is 1. The number of para-hydroxylation sites is 1. The monoisotopic (exact) mass is 356 g/mol. The lowest BCUT2D eigenvalue weighted by Gasteiger charge is -2.26. The van der Waals surface area contributed by atoms with Gasteiger partial charge < -0.3 is 14.4 Å². The molecule has 2 aromatic carbocycles. The topological polar surface area (TPSA) is 81.9 Å². The summed E-state index contributed by atoms with van der Waals surface area (Å²) in [5.41, 5.74) is 1.74. The van der Waals surface area contributed by atoms with Crippen LogP contribution in [0.3, 0.4) is 0 Å². The summed E-state index contributed by atoms with van der Waals surface area (Å²) >= 11 is 0. The van der Waals surface area contributed by atoms with E-state index >= 15 is 0 Å². The van der Waals surface area contributed by atoms with Crippen molar-refractivity contribution < 1.29 is 19.2 Å². The van der Waals surface area contributed by atoms with Gasteiger partial charge >= 0.3 is 5.69 Å². The van der Waals surface area contributed by atoms with Gasteiger partial charge in [-0.3, -0.25) is 14.9 Å². The molecule has 0 N–H and O–H groups in total. The summed E-state index contributed by atoms with van der Waals surface area (Å²) in [6.07, 6.45) is -0.0900. The summed E-state index contributed by atoms with van der Waals surface area (Å²) in [5.74, 6) is 0.162. The van der Waals surface area contributed by atoms with Gasteiger partial charge in [-0.05, 0) is 44.0 Å². The number of hydrogen-bond donors (Lipinski definition) is 0. The molecule has 0 bridgehead atoms. The summed E-state index contributed by atoms with van der Waals surface area (Å²) in [7, 11) is 1.43. The first-order valence-corrected chi connectivity index (χ1v) is 8.32. The molecule has 1 aliphatic heterocycles. The molecule has 0 spiro atoms. The number of anilines is 1. The summed E-state index contributed by atoms with van der Waals surface area (Å²) in [4.78, 5) is 25.4. The number of methoxy groups -OCH3 is 1. The van der Waals surface area contributed by atoms with Gasteiger partial charge in [-0.2, -0.15) is 0 Å². The predicted molar refractivity (Wildman–Crippen MR) is 96.8 cm³/mol. The van der Waals surface area contributed by atoms with E-state index in [9.17, 15) is 14.9 Å². The summed E-state index contributed by atoms with van der Waals surface area (Å²) < 4.78 is 10.7. The fraction of sp³-hybridized carbons (Fsp3) is 0.316. The third-order valence-electron chi connectivity index (χ3n) is 4.46. The SMILES string of the molecule is COc1ccc(O[C@H](C)C(=O)N2c3ccccc3C[C@@H]2C)c([N+](=O)[O-])c1. The number of carbonyl (C=O) groups excluding carboxylic acids is 1. The van der Waals surface area contributed by atoms with E-state index in [1.807, 2.05) is 31.2 Å². The Morgan fingerprint density at radius 2 is 2.04 bits per heavy atom. The Morgan fingerprint density at radius 3 is 2.73 bits per heavy atom. The lowest BCUT2D eigenvalue weighted by Crippen LogP contribution is -2.43. The number of ether oxygens (including phenoxy) is 2. The van der Waals surface area contributed by atoms with E-state index in [1.54, 1.807) is 17.9 Å². The Hall–Kier alpha value is -3.09. The maximum absolute atomic E-state index is 12.9. The van der Waals surface area contributed by atoms with E-state index in [-0.39, 0.29) is 23.4 Å². The molecule has 7 nitrogen and oxygen atoms in total. The van der Waals surface area contributed by atoms with Crippen LogP contribution in [0.1, 0.15) is 19.4 Å². The smallest absolute Gasteiger partial charge is 0.314 e. The van der Waals surface area contributed by atoms with Crippen molar-refractivity contribution in [3.05, 3.63) is 58.1 Å². The van der Waals surface area contributed by atoms with Gasteiger partial charge in [-0.1, -0.05) is 18.2 Å². The summed E-state index contributed by atoms with van der Waals surface area (Å²) in [5, 5.41) is 11.3. The zero-order valence-corrected chi connectivity index (χ0v) is 14.8. The number of amides is 1. The van der Waals surface area contributed by atoms with Gasteiger partial charge in [0, 0.05) is 11.7 Å². The second-order valence-electron chi connectivity index (χ2n) is 6.24. The quantitative estimate of drug-likeness (QED) is 0.606.